The van der Waals surface area contributed by atoms with Gasteiger partial charge in [0.15, 0.2) is 5.65 Å². The maximum absolute atomic E-state index is 4.88. The van der Waals surface area contributed by atoms with Crippen molar-refractivity contribution in [2.75, 3.05) is 0 Å². The Morgan fingerprint density at radius 3 is 2.50 bits per heavy atom. The van der Waals surface area contributed by atoms with Crippen molar-refractivity contribution in [2.24, 2.45) is 0 Å². The number of para-hydroxylation sites is 2. The van der Waals surface area contributed by atoms with Gasteiger partial charge in [0.1, 0.15) is 6.33 Å². The zero-order valence-electron chi connectivity index (χ0n) is 19.3. The van der Waals surface area contributed by atoms with Gasteiger partial charge in [-0.25, -0.2) is 15.0 Å². The number of fused-ring (bicyclic) bond motifs is 8. The molecular formula is C30H20N6. The van der Waals surface area contributed by atoms with E-state index in [1.807, 2.05) is 0 Å². The van der Waals surface area contributed by atoms with E-state index in [-0.39, 0.29) is 6.04 Å². The van der Waals surface area contributed by atoms with Crippen LogP contribution in [0.1, 0.15) is 12.5 Å². The third-order valence-corrected chi connectivity index (χ3v) is 7.24. The van der Waals surface area contributed by atoms with Crippen LogP contribution < -0.4 is 0 Å². The molecule has 0 aliphatic heterocycles. The largest absolute Gasteiger partial charge is 0.333 e. The van der Waals surface area contributed by atoms with E-state index < -0.39 is 0 Å². The van der Waals surface area contributed by atoms with E-state index in [1.54, 1.807) is 12.4 Å². The molecule has 0 radical (unpaired) electrons. The van der Waals surface area contributed by atoms with Crippen LogP contribution in [0.5, 0.6) is 0 Å². The topological polar surface area (TPSA) is 61.4 Å². The normalized spacial score (nSPS) is 15.7. The Hall–Kier alpha value is -4.84. The smallest absolute Gasteiger partial charge is 0.236 e. The Morgan fingerprint density at radius 1 is 0.750 bits per heavy atom. The van der Waals surface area contributed by atoms with Gasteiger partial charge in [-0.15, -0.1) is 0 Å². The lowest BCUT2D eigenvalue weighted by Gasteiger charge is -2.18. The second-order valence-electron chi connectivity index (χ2n) is 9.18. The molecule has 1 aliphatic carbocycles. The standard InChI is InChI=1S/C30H20N6/c1-2-8-20(9-3-1)35-25-13-7-5-11-23(25)27-26(35)15-14-22-21-10-4-6-12-24(21)36(28(22)27)30-32-17-19-16-31-18-33-29(19)34-30/h1-8,10-18,20H,9H2. The monoisotopic (exact) mass is 464 g/mol. The van der Waals surface area contributed by atoms with Gasteiger partial charge in [-0.2, -0.15) is 4.98 Å². The predicted molar refractivity (Wildman–Crippen MR) is 144 cm³/mol. The minimum Gasteiger partial charge on any atom is -0.333 e. The summed E-state index contributed by atoms with van der Waals surface area (Å²) in [5, 5.41) is 5.63. The number of aromatic nitrogens is 6. The molecule has 170 valence electrons. The van der Waals surface area contributed by atoms with Gasteiger partial charge in [0.2, 0.25) is 5.95 Å². The minimum atomic E-state index is 0.265. The Kier molecular flexibility index (Phi) is 3.96. The summed E-state index contributed by atoms with van der Waals surface area (Å²) in [6, 6.07) is 22.0. The van der Waals surface area contributed by atoms with E-state index in [4.69, 9.17) is 9.97 Å². The first-order chi connectivity index (χ1) is 17.9. The molecule has 0 fully saturated rings. The van der Waals surface area contributed by atoms with Gasteiger partial charge in [-0.3, -0.25) is 4.57 Å². The highest BCUT2D eigenvalue weighted by Crippen LogP contribution is 2.42. The SMILES string of the molecule is C1=CCC(n2c3ccccc3c3c4c(ccc32)c2ccccc2n4-c2ncc3cncnc3n2)C=C1. The van der Waals surface area contributed by atoms with Gasteiger partial charge in [-0.1, -0.05) is 66.8 Å². The van der Waals surface area contributed by atoms with Crippen LogP contribution in [0.4, 0.5) is 0 Å². The second kappa shape index (κ2) is 7.33. The molecule has 0 N–H and O–H groups in total. The summed E-state index contributed by atoms with van der Waals surface area (Å²) in [5.74, 6) is 0.609. The summed E-state index contributed by atoms with van der Waals surface area (Å²) in [4.78, 5) is 18.2. The Morgan fingerprint density at radius 2 is 1.61 bits per heavy atom. The van der Waals surface area contributed by atoms with Crippen molar-refractivity contribution in [3.63, 3.8) is 0 Å². The van der Waals surface area contributed by atoms with E-state index in [0.29, 0.717) is 11.6 Å². The highest BCUT2D eigenvalue weighted by atomic mass is 15.2. The minimum absolute atomic E-state index is 0.265. The van der Waals surface area contributed by atoms with E-state index in [0.717, 1.165) is 22.8 Å². The number of allylic oxidation sites excluding steroid dienone is 4. The molecule has 0 bridgehead atoms. The van der Waals surface area contributed by atoms with E-state index in [2.05, 4.69) is 104 Å². The molecule has 1 atom stereocenters. The average molecular weight is 465 g/mol. The van der Waals surface area contributed by atoms with Gasteiger partial charge in [0, 0.05) is 39.5 Å². The van der Waals surface area contributed by atoms with Crippen molar-refractivity contribution in [1.29, 1.82) is 0 Å². The number of nitrogens with zero attached hydrogens (tertiary/aromatic N) is 6. The zero-order valence-corrected chi connectivity index (χ0v) is 19.3. The third kappa shape index (κ3) is 2.61. The molecule has 6 heteroatoms. The molecular weight excluding hydrogens is 444 g/mol. The molecule has 0 saturated heterocycles. The van der Waals surface area contributed by atoms with Crippen LogP contribution in [-0.2, 0) is 0 Å². The Balaban J connectivity index is 1.57. The molecule has 1 unspecified atom stereocenters. The highest BCUT2D eigenvalue weighted by Gasteiger charge is 2.23. The highest BCUT2D eigenvalue weighted by molar-refractivity contribution is 6.25. The Bertz CT molecular complexity index is 2040. The van der Waals surface area contributed by atoms with Crippen LogP contribution in [0, 0.1) is 0 Å². The molecule has 0 amide bonds. The number of rotatable bonds is 2. The van der Waals surface area contributed by atoms with Crippen LogP contribution in [0.15, 0.2) is 104 Å². The van der Waals surface area contributed by atoms with Gasteiger partial charge < -0.3 is 4.57 Å². The van der Waals surface area contributed by atoms with Crippen LogP contribution in [0.2, 0.25) is 0 Å². The fourth-order valence-corrected chi connectivity index (χ4v) is 5.74. The van der Waals surface area contributed by atoms with Gasteiger partial charge >= 0.3 is 0 Å². The lowest BCUT2D eigenvalue weighted by atomic mass is 10.1. The Labute approximate surface area is 205 Å². The van der Waals surface area contributed by atoms with Crippen LogP contribution >= 0.6 is 0 Å². The second-order valence-corrected chi connectivity index (χ2v) is 9.18. The molecule has 1 aliphatic rings. The summed E-state index contributed by atoms with van der Waals surface area (Å²) >= 11 is 0. The summed E-state index contributed by atoms with van der Waals surface area (Å²) in [7, 11) is 0. The molecule has 3 aromatic carbocycles. The number of hydrogen-bond acceptors (Lipinski definition) is 4. The fraction of sp³-hybridized carbons (Fsp3) is 0.0667. The van der Waals surface area contributed by atoms with Gasteiger partial charge in [0.05, 0.1) is 28.0 Å². The van der Waals surface area contributed by atoms with Crippen molar-refractivity contribution < 1.29 is 0 Å². The van der Waals surface area contributed by atoms with E-state index in [9.17, 15) is 0 Å². The number of benzene rings is 3. The molecule has 4 heterocycles. The molecule has 0 spiro atoms. The molecule has 8 rings (SSSR count). The fourth-order valence-electron chi connectivity index (χ4n) is 5.74. The van der Waals surface area contributed by atoms with E-state index in [1.165, 1.54) is 38.9 Å². The molecule has 4 aromatic heterocycles. The quantitative estimate of drug-likeness (QED) is 0.286. The van der Waals surface area contributed by atoms with Crippen molar-refractivity contribution in [1.82, 2.24) is 29.1 Å². The van der Waals surface area contributed by atoms with Crippen molar-refractivity contribution in [3.8, 4) is 5.95 Å². The van der Waals surface area contributed by atoms with Crippen molar-refractivity contribution in [3.05, 3.63) is 104 Å². The summed E-state index contributed by atoms with van der Waals surface area (Å²) in [6.07, 6.45) is 14.9. The maximum Gasteiger partial charge on any atom is 0.236 e. The lowest BCUT2D eigenvalue weighted by Crippen LogP contribution is -2.06. The number of hydrogen-bond donors (Lipinski definition) is 0. The van der Waals surface area contributed by atoms with Crippen molar-refractivity contribution in [2.45, 2.75) is 12.5 Å². The zero-order chi connectivity index (χ0) is 23.6. The van der Waals surface area contributed by atoms with Gasteiger partial charge in [-0.05, 0) is 24.6 Å². The first-order valence-corrected chi connectivity index (χ1v) is 12.1. The van der Waals surface area contributed by atoms with Crippen LogP contribution in [0.3, 0.4) is 0 Å². The molecule has 6 nitrogen and oxygen atoms in total. The van der Waals surface area contributed by atoms with Gasteiger partial charge in [0.25, 0.3) is 0 Å². The first kappa shape index (κ1) is 19.5. The predicted octanol–water partition coefficient (Wildman–Crippen LogP) is 6.68. The lowest BCUT2D eigenvalue weighted by molar-refractivity contribution is 0.648. The summed E-state index contributed by atoms with van der Waals surface area (Å²) in [5.41, 5.74) is 5.27. The first-order valence-electron chi connectivity index (χ1n) is 12.1. The van der Waals surface area contributed by atoms with Crippen LogP contribution in [0.25, 0.3) is 60.6 Å². The average Bonchev–Trinajstić information content (AvgIpc) is 3.46. The summed E-state index contributed by atoms with van der Waals surface area (Å²) in [6.45, 7) is 0. The van der Waals surface area contributed by atoms with Crippen molar-refractivity contribution >= 4 is 54.6 Å². The molecule has 36 heavy (non-hydrogen) atoms. The van der Waals surface area contributed by atoms with Crippen LogP contribution in [-0.4, -0.2) is 29.1 Å². The molecule has 0 saturated carbocycles. The third-order valence-electron chi connectivity index (χ3n) is 7.24. The molecule has 7 aromatic rings. The maximum atomic E-state index is 4.88. The summed E-state index contributed by atoms with van der Waals surface area (Å²) < 4.78 is 4.67. The van der Waals surface area contributed by atoms with E-state index >= 15 is 0 Å².